The highest BCUT2D eigenvalue weighted by molar-refractivity contribution is 7.80. The van der Waals surface area contributed by atoms with Gasteiger partial charge in [-0.2, -0.15) is 0 Å². The molecule has 0 amide bonds. The molecule has 1 unspecified atom stereocenters. The normalized spacial score (nSPS) is 14.7. The van der Waals surface area contributed by atoms with Crippen molar-refractivity contribution >= 4 is 57.3 Å². The second-order valence-electron chi connectivity index (χ2n) is 9.33. The van der Waals surface area contributed by atoms with Crippen LogP contribution in [0.25, 0.3) is 0 Å². The van der Waals surface area contributed by atoms with Crippen LogP contribution < -0.4 is 10.6 Å². The number of carbonyl (C=O) groups excluding carboxylic acids is 3. The van der Waals surface area contributed by atoms with E-state index in [1.54, 1.807) is 39.8 Å². The van der Waals surface area contributed by atoms with Crippen molar-refractivity contribution in [3.05, 3.63) is 45.3 Å². The minimum atomic E-state index is -0.570. The molecular formula is C26H32N2O6S2. The molecule has 10 heteroatoms. The van der Waals surface area contributed by atoms with Crippen LogP contribution in [0.2, 0.25) is 0 Å². The fourth-order valence-electron chi connectivity index (χ4n) is 3.92. The molecule has 1 atom stereocenters. The third kappa shape index (κ3) is 6.82. The number of anilines is 2. The first-order chi connectivity index (χ1) is 17.0. The number of rotatable bonds is 7. The average Bonchev–Trinajstić information content (AvgIpc) is 3.13. The summed E-state index contributed by atoms with van der Waals surface area (Å²) in [5, 5.41) is 6.94. The van der Waals surface area contributed by atoms with Gasteiger partial charge in [-0.3, -0.25) is 0 Å². The van der Waals surface area contributed by atoms with Crippen molar-refractivity contribution in [3.8, 4) is 0 Å². The number of thiocarbonyl (C=S) groups is 1. The Morgan fingerprint density at radius 1 is 0.972 bits per heavy atom. The number of nitrogens with one attached hydrogen (secondary N) is 2. The van der Waals surface area contributed by atoms with E-state index in [0.717, 1.165) is 29.7 Å². The van der Waals surface area contributed by atoms with Crippen molar-refractivity contribution in [3.63, 3.8) is 0 Å². The molecule has 0 saturated heterocycles. The number of carbonyl (C=O) groups is 3. The van der Waals surface area contributed by atoms with Gasteiger partial charge >= 0.3 is 17.9 Å². The highest BCUT2D eigenvalue weighted by Crippen LogP contribution is 2.40. The summed E-state index contributed by atoms with van der Waals surface area (Å²) in [5.41, 5.74) is 2.28. The average molecular weight is 533 g/mol. The van der Waals surface area contributed by atoms with Gasteiger partial charge in [0.2, 0.25) is 0 Å². The summed E-state index contributed by atoms with van der Waals surface area (Å²) >= 11 is 7.01. The van der Waals surface area contributed by atoms with Gasteiger partial charge in [-0.15, -0.1) is 11.3 Å². The molecule has 0 radical (unpaired) electrons. The molecule has 2 aromatic rings. The number of benzene rings is 1. The summed E-state index contributed by atoms with van der Waals surface area (Å²) in [5.74, 6) is -1.01. The van der Waals surface area contributed by atoms with Gasteiger partial charge in [-0.1, -0.05) is 6.92 Å². The number of ether oxygens (including phenoxy) is 3. The fourth-order valence-corrected chi connectivity index (χ4v) is 5.61. The van der Waals surface area contributed by atoms with Gasteiger partial charge in [0, 0.05) is 10.6 Å². The first kappa shape index (κ1) is 27.6. The largest absolute Gasteiger partial charge is 0.465 e. The fraction of sp³-hybridized carbons (Fsp3) is 0.462. The minimum Gasteiger partial charge on any atom is -0.465 e. The van der Waals surface area contributed by atoms with Crippen LogP contribution in [0.4, 0.5) is 10.7 Å². The van der Waals surface area contributed by atoms with Crippen molar-refractivity contribution in [1.82, 2.24) is 0 Å². The lowest BCUT2D eigenvalue weighted by Crippen LogP contribution is -2.21. The molecule has 0 fully saturated rings. The van der Waals surface area contributed by atoms with E-state index in [4.69, 9.17) is 26.4 Å². The van der Waals surface area contributed by atoms with Gasteiger partial charge in [0.1, 0.15) is 5.00 Å². The second kappa shape index (κ2) is 11.8. The predicted octanol–water partition coefficient (Wildman–Crippen LogP) is 5.60. The third-order valence-electron chi connectivity index (χ3n) is 5.48. The first-order valence-electron chi connectivity index (χ1n) is 11.9. The maximum absolute atomic E-state index is 12.6. The van der Waals surface area contributed by atoms with Gasteiger partial charge in [-0.05, 0) is 88.9 Å². The summed E-state index contributed by atoms with van der Waals surface area (Å²) in [4.78, 5) is 38.9. The lowest BCUT2D eigenvalue weighted by Gasteiger charge is -2.18. The third-order valence-corrected chi connectivity index (χ3v) is 6.85. The van der Waals surface area contributed by atoms with Crippen LogP contribution in [0, 0.1) is 5.92 Å². The molecule has 0 spiro atoms. The molecule has 36 heavy (non-hydrogen) atoms. The molecule has 0 saturated carbocycles. The lowest BCUT2D eigenvalue weighted by atomic mass is 9.88. The highest BCUT2D eigenvalue weighted by atomic mass is 32.1. The van der Waals surface area contributed by atoms with E-state index in [1.165, 1.54) is 24.5 Å². The van der Waals surface area contributed by atoms with E-state index in [0.29, 0.717) is 22.2 Å². The van der Waals surface area contributed by atoms with Crippen molar-refractivity contribution in [1.29, 1.82) is 0 Å². The smallest absolute Gasteiger partial charge is 0.341 e. The van der Waals surface area contributed by atoms with Crippen LogP contribution >= 0.6 is 23.6 Å². The number of fused-ring (bicyclic) bond motifs is 1. The Morgan fingerprint density at radius 3 is 2.08 bits per heavy atom. The quantitative estimate of drug-likeness (QED) is 0.268. The van der Waals surface area contributed by atoms with Crippen LogP contribution in [-0.4, -0.2) is 42.3 Å². The Balaban J connectivity index is 1.89. The van der Waals surface area contributed by atoms with Gasteiger partial charge < -0.3 is 24.8 Å². The zero-order chi connectivity index (χ0) is 26.6. The highest BCUT2D eigenvalue weighted by Gasteiger charge is 2.28. The van der Waals surface area contributed by atoms with Crippen molar-refractivity contribution in [2.24, 2.45) is 5.92 Å². The monoisotopic (exact) mass is 532 g/mol. The summed E-state index contributed by atoms with van der Waals surface area (Å²) < 4.78 is 15.6. The molecule has 1 aliphatic rings. The summed E-state index contributed by atoms with van der Waals surface area (Å²) in [6.45, 7) is 9.17. The Kier molecular flexibility index (Phi) is 9.08. The molecule has 8 nitrogen and oxygen atoms in total. The van der Waals surface area contributed by atoms with E-state index in [-0.39, 0.29) is 28.4 Å². The maximum atomic E-state index is 12.6. The molecular weight excluding hydrogens is 500 g/mol. The Hall–Kier alpha value is -2.98. The zero-order valence-electron chi connectivity index (χ0n) is 21.4. The zero-order valence-corrected chi connectivity index (χ0v) is 23.0. The van der Waals surface area contributed by atoms with E-state index >= 15 is 0 Å². The van der Waals surface area contributed by atoms with Crippen LogP contribution in [0.15, 0.2) is 18.2 Å². The van der Waals surface area contributed by atoms with Crippen molar-refractivity contribution in [2.75, 3.05) is 17.7 Å². The maximum Gasteiger partial charge on any atom is 0.341 e. The SMILES string of the molecule is COC(=O)c1c(NC(=S)Nc2cc(C(=O)OC(C)C)cc(C(=O)OC(C)C)c2)sc2c1CCC(C)C2. The molecule has 194 valence electrons. The van der Waals surface area contributed by atoms with Crippen LogP contribution in [-0.2, 0) is 27.1 Å². The lowest BCUT2D eigenvalue weighted by molar-refractivity contribution is 0.0377. The Bertz CT molecular complexity index is 1130. The van der Waals surface area contributed by atoms with Crippen LogP contribution in [0.3, 0.4) is 0 Å². The standard InChI is InChI=1S/C26H32N2O6S2/c1-13(2)33-23(29)16-10-17(24(30)34-14(3)4)12-18(11-16)27-26(35)28-22-21(25(31)32-6)19-8-7-15(5)9-20(19)36-22/h10-15H,7-9H2,1-6H3,(H2,27,28,35). The topological polar surface area (TPSA) is 103 Å². The molecule has 1 aromatic carbocycles. The van der Waals surface area contributed by atoms with Gasteiger partial charge in [0.05, 0.1) is 36.0 Å². The van der Waals surface area contributed by atoms with Crippen molar-refractivity contribution in [2.45, 2.75) is 66.1 Å². The number of esters is 3. The predicted molar refractivity (Wildman–Crippen MR) is 144 cm³/mol. The Morgan fingerprint density at radius 2 is 1.56 bits per heavy atom. The van der Waals surface area contributed by atoms with E-state index in [9.17, 15) is 14.4 Å². The summed E-state index contributed by atoms with van der Waals surface area (Å²) in [7, 11) is 1.36. The molecule has 0 bridgehead atoms. The Labute approximate surface area is 220 Å². The first-order valence-corrected chi connectivity index (χ1v) is 13.1. The van der Waals surface area contributed by atoms with Gasteiger partial charge in [0.15, 0.2) is 5.11 Å². The van der Waals surface area contributed by atoms with E-state index < -0.39 is 17.9 Å². The molecule has 1 aromatic heterocycles. The van der Waals surface area contributed by atoms with E-state index in [2.05, 4.69) is 17.6 Å². The van der Waals surface area contributed by atoms with E-state index in [1.807, 2.05) is 0 Å². The number of hydrogen-bond donors (Lipinski definition) is 2. The minimum absolute atomic E-state index is 0.183. The summed E-state index contributed by atoms with van der Waals surface area (Å²) in [6.07, 6.45) is 2.05. The second-order valence-corrected chi connectivity index (χ2v) is 10.8. The van der Waals surface area contributed by atoms with Crippen molar-refractivity contribution < 1.29 is 28.6 Å². The molecule has 2 N–H and O–H groups in total. The van der Waals surface area contributed by atoms with Crippen LogP contribution in [0.5, 0.6) is 0 Å². The number of thiophene rings is 1. The van der Waals surface area contributed by atoms with Gasteiger partial charge in [-0.25, -0.2) is 14.4 Å². The number of hydrogen-bond acceptors (Lipinski definition) is 8. The van der Waals surface area contributed by atoms with Crippen LogP contribution in [0.1, 0.15) is 82.6 Å². The molecule has 1 aliphatic carbocycles. The molecule has 0 aliphatic heterocycles. The summed E-state index contributed by atoms with van der Waals surface area (Å²) in [6, 6.07) is 4.53. The molecule has 3 rings (SSSR count). The number of methoxy groups -OCH3 is 1. The molecule has 1 heterocycles. The van der Waals surface area contributed by atoms with Gasteiger partial charge in [0.25, 0.3) is 0 Å².